The van der Waals surface area contributed by atoms with E-state index in [2.05, 4.69) is 5.32 Å². The molecule has 2 aromatic rings. The molecule has 0 aliphatic rings. The molecule has 8 heteroatoms. The molecule has 0 aromatic heterocycles. The van der Waals surface area contributed by atoms with Gasteiger partial charge in [-0.25, -0.2) is 4.79 Å². The van der Waals surface area contributed by atoms with E-state index >= 15 is 0 Å². The third-order valence-corrected chi connectivity index (χ3v) is 4.00. The number of rotatable bonds is 9. The van der Waals surface area contributed by atoms with Crippen molar-refractivity contribution in [2.75, 3.05) is 33.3 Å². The summed E-state index contributed by atoms with van der Waals surface area (Å²) in [5.41, 5.74) is 1.97. The fraction of sp³-hybridized carbons (Fsp3) is 0.227. The van der Waals surface area contributed by atoms with E-state index < -0.39 is 18.5 Å². The molecule has 1 amide bonds. The first-order valence-corrected chi connectivity index (χ1v) is 8.91. The molecule has 1 N–H and O–H groups in total. The van der Waals surface area contributed by atoms with Crippen LogP contribution < -0.4 is 19.5 Å². The number of hydrogen-bond donors (Lipinski definition) is 1. The molecule has 0 saturated heterocycles. The van der Waals surface area contributed by atoms with Gasteiger partial charge in [0.2, 0.25) is 0 Å². The number of carbonyl (C=O) groups is 2. The van der Waals surface area contributed by atoms with Crippen molar-refractivity contribution in [3.8, 4) is 23.3 Å². The maximum Gasteiger partial charge on any atom is 0.331 e. The first-order chi connectivity index (χ1) is 14.5. The number of esters is 1. The highest BCUT2D eigenvalue weighted by Gasteiger charge is 2.11. The minimum absolute atomic E-state index is 0.295. The predicted molar refractivity (Wildman–Crippen MR) is 110 cm³/mol. The van der Waals surface area contributed by atoms with Crippen LogP contribution in [0.25, 0.3) is 6.08 Å². The van der Waals surface area contributed by atoms with E-state index in [4.69, 9.17) is 24.2 Å². The Balaban J connectivity index is 1.93. The molecule has 0 radical (unpaired) electrons. The highest BCUT2D eigenvalue weighted by molar-refractivity contribution is 5.94. The minimum Gasteiger partial charge on any atom is -0.496 e. The maximum atomic E-state index is 12.0. The zero-order valence-corrected chi connectivity index (χ0v) is 16.9. The van der Waals surface area contributed by atoms with Crippen molar-refractivity contribution in [3.05, 3.63) is 53.6 Å². The lowest BCUT2D eigenvalue weighted by atomic mass is 10.1. The summed E-state index contributed by atoms with van der Waals surface area (Å²) in [4.78, 5) is 23.9. The van der Waals surface area contributed by atoms with Crippen molar-refractivity contribution in [3.63, 3.8) is 0 Å². The first kappa shape index (κ1) is 22.3. The smallest absolute Gasteiger partial charge is 0.331 e. The van der Waals surface area contributed by atoms with Crippen molar-refractivity contribution >= 4 is 23.6 Å². The third-order valence-electron chi connectivity index (χ3n) is 4.00. The van der Waals surface area contributed by atoms with Crippen LogP contribution in [0.2, 0.25) is 0 Å². The normalized spacial score (nSPS) is 10.2. The maximum absolute atomic E-state index is 12.0. The summed E-state index contributed by atoms with van der Waals surface area (Å²) >= 11 is 0. The molecule has 0 atom stereocenters. The van der Waals surface area contributed by atoms with E-state index in [1.807, 2.05) is 6.07 Å². The van der Waals surface area contributed by atoms with E-state index in [1.54, 1.807) is 36.4 Å². The molecule has 0 spiro atoms. The fourth-order valence-electron chi connectivity index (χ4n) is 2.52. The summed E-state index contributed by atoms with van der Waals surface area (Å²) in [5.74, 6) is 0.284. The van der Waals surface area contributed by atoms with E-state index in [9.17, 15) is 9.59 Å². The van der Waals surface area contributed by atoms with Crippen LogP contribution in [0, 0.1) is 11.3 Å². The van der Waals surface area contributed by atoms with Crippen LogP contribution in [-0.4, -0.2) is 39.8 Å². The molecule has 0 bridgehead atoms. The molecule has 0 fully saturated rings. The van der Waals surface area contributed by atoms with Gasteiger partial charge in [-0.15, -0.1) is 0 Å². The van der Waals surface area contributed by atoms with Gasteiger partial charge >= 0.3 is 5.97 Å². The molecule has 0 heterocycles. The average Bonchev–Trinajstić information content (AvgIpc) is 2.77. The van der Waals surface area contributed by atoms with Gasteiger partial charge < -0.3 is 24.3 Å². The Labute approximate surface area is 174 Å². The van der Waals surface area contributed by atoms with Crippen LogP contribution in [0.4, 0.5) is 5.69 Å². The predicted octanol–water partition coefficient (Wildman–Crippen LogP) is 2.97. The summed E-state index contributed by atoms with van der Waals surface area (Å²) in [7, 11) is 4.51. The van der Waals surface area contributed by atoms with Gasteiger partial charge in [0.25, 0.3) is 5.91 Å². The quantitative estimate of drug-likeness (QED) is 0.500. The molecule has 8 nitrogen and oxygen atoms in total. The highest BCUT2D eigenvalue weighted by Crippen LogP contribution is 2.35. The van der Waals surface area contributed by atoms with Gasteiger partial charge in [-0.2, -0.15) is 5.26 Å². The Morgan fingerprint density at radius 1 is 1.00 bits per heavy atom. The van der Waals surface area contributed by atoms with Crippen LogP contribution in [0.5, 0.6) is 17.2 Å². The Hall–Kier alpha value is -3.99. The van der Waals surface area contributed by atoms with Crippen molar-refractivity contribution in [1.82, 2.24) is 0 Å². The van der Waals surface area contributed by atoms with Gasteiger partial charge in [-0.05, 0) is 29.8 Å². The minimum atomic E-state index is -0.689. The Kier molecular flexibility index (Phi) is 8.27. The summed E-state index contributed by atoms with van der Waals surface area (Å²) in [5, 5.41) is 11.3. The second kappa shape index (κ2) is 11.1. The second-order valence-electron chi connectivity index (χ2n) is 5.97. The van der Waals surface area contributed by atoms with Gasteiger partial charge in [0.05, 0.1) is 33.8 Å². The molecule has 0 aliphatic carbocycles. The Bertz CT molecular complexity index is 961. The number of nitrogens with zero attached hydrogens (tertiary/aromatic N) is 1. The SMILES string of the molecule is COc1cc(OC)c(OC)cc1C=CC(=O)OCC(=O)Nc1ccc(CC#N)cc1. The lowest BCUT2D eigenvalue weighted by Crippen LogP contribution is -2.20. The van der Waals surface area contributed by atoms with Crippen LogP contribution in [0.15, 0.2) is 42.5 Å². The van der Waals surface area contributed by atoms with Crippen molar-refractivity contribution < 1.29 is 28.5 Å². The lowest BCUT2D eigenvalue weighted by Gasteiger charge is -2.12. The lowest BCUT2D eigenvalue weighted by molar-refractivity contribution is -0.142. The molecule has 2 aromatic carbocycles. The van der Waals surface area contributed by atoms with E-state index in [0.717, 1.165) is 5.56 Å². The molecule has 0 unspecified atom stereocenters. The highest BCUT2D eigenvalue weighted by atomic mass is 16.5. The first-order valence-electron chi connectivity index (χ1n) is 8.91. The molecule has 156 valence electrons. The summed E-state index contributed by atoms with van der Waals surface area (Å²) in [6, 6.07) is 12.2. The standard InChI is InChI=1S/C22H22N2O6/c1-27-18-13-20(29-3)19(28-2)12-16(18)6-9-22(26)30-14-21(25)24-17-7-4-15(5-8-17)10-11-23/h4-9,12-13H,10,14H2,1-3H3,(H,24,25). The number of carbonyl (C=O) groups excluding carboxylic acids is 2. The number of nitriles is 1. The van der Waals surface area contributed by atoms with Gasteiger partial charge in [-0.3, -0.25) is 4.79 Å². The van der Waals surface area contributed by atoms with E-state index in [0.29, 0.717) is 34.9 Å². The number of benzene rings is 2. The summed E-state index contributed by atoms with van der Waals surface area (Å²) in [6.45, 7) is -0.438. The third kappa shape index (κ3) is 6.27. The Morgan fingerprint density at radius 2 is 1.63 bits per heavy atom. The van der Waals surface area contributed by atoms with Crippen molar-refractivity contribution in [2.24, 2.45) is 0 Å². The number of amides is 1. The van der Waals surface area contributed by atoms with Crippen LogP contribution in [0.3, 0.4) is 0 Å². The van der Waals surface area contributed by atoms with Crippen molar-refractivity contribution in [2.45, 2.75) is 6.42 Å². The molecule has 2 rings (SSSR count). The molecular formula is C22H22N2O6. The molecule has 0 aliphatic heterocycles. The second-order valence-corrected chi connectivity index (χ2v) is 5.97. The summed E-state index contributed by atoms with van der Waals surface area (Å²) < 4.78 is 20.7. The Morgan fingerprint density at radius 3 is 2.23 bits per heavy atom. The number of anilines is 1. The molecule has 0 saturated carbocycles. The van der Waals surface area contributed by atoms with Gasteiger partial charge in [-0.1, -0.05) is 12.1 Å². The number of methoxy groups -OCH3 is 3. The zero-order chi connectivity index (χ0) is 21.9. The van der Waals surface area contributed by atoms with Crippen LogP contribution in [-0.2, 0) is 20.7 Å². The summed E-state index contributed by atoms with van der Waals surface area (Å²) in [6.07, 6.45) is 2.98. The van der Waals surface area contributed by atoms with Crippen LogP contribution >= 0.6 is 0 Å². The number of hydrogen-bond acceptors (Lipinski definition) is 7. The van der Waals surface area contributed by atoms with E-state index in [1.165, 1.54) is 33.5 Å². The van der Waals surface area contributed by atoms with Crippen molar-refractivity contribution in [1.29, 1.82) is 5.26 Å². The van der Waals surface area contributed by atoms with Gasteiger partial charge in [0.15, 0.2) is 18.1 Å². The van der Waals surface area contributed by atoms with Gasteiger partial charge in [0, 0.05) is 23.4 Å². The molecule has 30 heavy (non-hydrogen) atoms. The number of ether oxygens (including phenoxy) is 4. The molecular weight excluding hydrogens is 388 g/mol. The van der Waals surface area contributed by atoms with Gasteiger partial charge in [0.1, 0.15) is 5.75 Å². The van der Waals surface area contributed by atoms with Crippen LogP contribution in [0.1, 0.15) is 11.1 Å². The zero-order valence-electron chi connectivity index (χ0n) is 16.9. The average molecular weight is 410 g/mol. The topological polar surface area (TPSA) is 107 Å². The number of nitrogens with one attached hydrogen (secondary N) is 1. The fourth-order valence-corrected chi connectivity index (χ4v) is 2.52. The monoisotopic (exact) mass is 410 g/mol. The van der Waals surface area contributed by atoms with E-state index in [-0.39, 0.29) is 0 Å². The largest absolute Gasteiger partial charge is 0.496 e.